The molecule has 2 aromatic carbocycles. The molecule has 1 heterocycles. The molecule has 0 radical (unpaired) electrons. The van der Waals surface area contributed by atoms with Gasteiger partial charge in [-0.2, -0.15) is 0 Å². The zero-order valence-corrected chi connectivity index (χ0v) is 15.5. The van der Waals surface area contributed by atoms with Crippen molar-refractivity contribution in [3.8, 4) is 0 Å². The Kier molecular flexibility index (Phi) is 6.76. The topological polar surface area (TPSA) is 41.6 Å². The molecule has 0 unspecified atom stereocenters. The number of benzene rings is 2. The fourth-order valence-electron chi connectivity index (χ4n) is 2.65. The number of nitrogens with zero attached hydrogens (tertiary/aromatic N) is 1. The van der Waals surface area contributed by atoms with Crippen LogP contribution in [0.4, 0.5) is 5.69 Å². The third-order valence-corrected chi connectivity index (χ3v) is 5.24. The maximum Gasteiger partial charge on any atom is 0.234 e. The van der Waals surface area contributed by atoms with Crippen molar-refractivity contribution in [2.24, 2.45) is 0 Å². The molecule has 6 heteroatoms. The lowest BCUT2D eigenvalue weighted by molar-refractivity contribution is -0.113. The quantitative estimate of drug-likeness (QED) is 0.776. The average molecular weight is 377 g/mol. The van der Waals surface area contributed by atoms with Crippen LogP contribution in [-0.2, 0) is 16.1 Å². The average Bonchev–Trinajstić information content (AvgIpc) is 2.64. The number of rotatable bonds is 6. The van der Waals surface area contributed by atoms with E-state index >= 15 is 0 Å². The number of para-hydroxylation sites is 1. The van der Waals surface area contributed by atoms with E-state index in [4.69, 9.17) is 16.3 Å². The Morgan fingerprint density at radius 1 is 1.12 bits per heavy atom. The van der Waals surface area contributed by atoms with Crippen molar-refractivity contribution in [2.45, 2.75) is 11.4 Å². The number of amides is 1. The van der Waals surface area contributed by atoms with Gasteiger partial charge in [-0.15, -0.1) is 11.8 Å². The summed E-state index contributed by atoms with van der Waals surface area (Å²) < 4.78 is 5.39. The van der Waals surface area contributed by atoms with Crippen LogP contribution in [0.25, 0.3) is 0 Å². The Morgan fingerprint density at radius 2 is 1.84 bits per heavy atom. The van der Waals surface area contributed by atoms with Gasteiger partial charge in [0, 0.05) is 35.2 Å². The first-order valence-corrected chi connectivity index (χ1v) is 9.63. The van der Waals surface area contributed by atoms with Crippen LogP contribution >= 0.6 is 23.4 Å². The molecule has 1 N–H and O–H groups in total. The molecule has 1 saturated heterocycles. The van der Waals surface area contributed by atoms with Gasteiger partial charge in [-0.3, -0.25) is 9.69 Å². The number of nitrogens with one attached hydrogen (secondary N) is 1. The molecule has 0 spiro atoms. The molecule has 2 aromatic rings. The van der Waals surface area contributed by atoms with Crippen LogP contribution in [0.15, 0.2) is 53.4 Å². The molecular weight excluding hydrogens is 356 g/mol. The largest absolute Gasteiger partial charge is 0.379 e. The predicted octanol–water partition coefficient (Wildman–Crippen LogP) is 3.90. The minimum Gasteiger partial charge on any atom is -0.379 e. The van der Waals surface area contributed by atoms with Crippen molar-refractivity contribution >= 4 is 35.0 Å². The van der Waals surface area contributed by atoms with E-state index in [1.54, 1.807) is 0 Å². The summed E-state index contributed by atoms with van der Waals surface area (Å²) in [6.45, 7) is 4.21. The lowest BCUT2D eigenvalue weighted by Gasteiger charge is -2.27. The van der Waals surface area contributed by atoms with Crippen LogP contribution in [0.5, 0.6) is 0 Å². The molecule has 1 amide bonds. The minimum absolute atomic E-state index is 0.00521. The second kappa shape index (κ2) is 9.25. The van der Waals surface area contributed by atoms with E-state index in [1.807, 2.05) is 42.5 Å². The third-order valence-electron chi connectivity index (χ3n) is 3.97. The Morgan fingerprint density at radius 3 is 2.60 bits per heavy atom. The van der Waals surface area contributed by atoms with E-state index in [0.717, 1.165) is 49.0 Å². The molecule has 0 aliphatic carbocycles. The van der Waals surface area contributed by atoms with E-state index in [-0.39, 0.29) is 5.91 Å². The Labute approximate surface area is 157 Å². The molecule has 132 valence electrons. The maximum atomic E-state index is 12.3. The Bertz CT molecular complexity index is 703. The summed E-state index contributed by atoms with van der Waals surface area (Å²) >= 11 is 7.38. The molecule has 4 nitrogen and oxygen atoms in total. The molecular formula is C19H21ClN2O2S. The number of carbonyl (C=O) groups excluding carboxylic acids is 1. The highest BCUT2D eigenvalue weighted by molar-refractivity contribution is 8.00. The fraction of sp³-hybridized carbons (Fsp3) is 0.316. The third kappa shape index (κ3) is 5.75. The highest BCUT2D eigenvalue weighted by atomic mass is 35.5. The normalized spacial score (nSPS) is 15.1. The van der Waals surface area contributed by atoms with E-state index < -0.39 is 0 Å². The minimum atomic E-state index is -0.00521. The van der Waals surface area contributed by atoms with E-state index in [9.17, 15) is 4.79 Å². The van der Waals surface area contributed by atoms with E-state index in [0.29, 0.717) is 10.8 Å². The smallest absolute Gasteiger partial charge is 0.234 e. The van der Waals surface area contributed by atoms with Gasteiger partial charge in [0.25, 0.3) is 0 Å². The van der Waals surface area contributed by atoms with Gasteiger partial charge in [0.1, 0.15) is 0 Å². The molecule has 0 saturated carbocycles. The number of hydrogen-bond acceptors (Lipinski definition) is 4. The van der Waals surface area contributed by atoms with Gasteiger partial charge in [-0.1, -0.05) is 29.8 Å². The highest BCUT2D eigenvalue weighted by Crippen LogP contribution is 2.22. The molecule has 0 bridgehead atoms. The van der Waals surface area contributed by atoms with Gasteiger partial charge in [0.15, 0.2) is 0 Å². The number of ether oxygens (including phenoxy) is 1. The summed E-state index contributed by atoms with van der Waals surface area (Å²) in [7, 11) is 0. The van der Waals surface area contributed by atoms with Crippen molar-refractivity contribution in [3.63, 3.8) is 0 Å². The van der Waals surface area contributed by atoms with E-state index in [2.05, 4.69) is 16.3 Å². The maximum absolute atomic E-state index is 12.3. The van der Waals surface area contributed by atoms with Crippen molar-refractivity contribution in [2.75, 3.05) is 37.4 Å². The van der Waals surface area contributed by atoms with Gasteiger partial charge >= 0.3 is 0 Å². The zero-order chi connectivity index (χ0) is 17.5. The predicted molar refractivity (Wildman–Crippen MR) is 103 cm³/mol. The Hall–Kier alpha value is -1.53. The fourth-order valence-corrected chi connectivity index (χ4v) is 3.47. The van der Waals surface area contributed by atoms with Crippen LogP contribution in [-0.4, -0.2) is 42.9 Å². The van der Waals surface area contributed by atoms with Crippen LogP contribution < -0.4 is 5.32 Å². The standard InChI is InChI=1S/C19H21ClN2O2S/c20-16-5-7-17(8-6-16)25-14-19(23)21-18-4-2-1-3-15(18)13-22-9-11-24-12-10-22/h1-8H,9-14H2,(H,21,23). The van der Waals surface area contributed by atoms with Crippen molar-refractivity contribution in [1.82, 2.24) is 4.90 Å². The first-order valence-electron chi connectivity index (χ1n) is 8.27. The Balaban J connectivity index is 1.56. The number of thioether (sulfide) groups is 1. The summed E-state index contributed by atoms with van der Waals surface area (Å²) in [6.07, 6.45) is 0. The number of morpholine rings is 1. The number of halogens is 1. The zero-order valence-electron chi connectivity index (χ0n) is 13.9. The van der Waals surface area contributed by atoms with Gasteiger partial charge in [0.05, 0.1) is 19.0 Å². The molecule has 25 heavy (non-hydrogen) atoms. The lowest BCUT2D eigenvalue weighted by Crippen LogP contribution is -2.35. The second-order valence-electron chi connectivity index (χ2n) is 5.84. The van der Waals surface area contributed by atoms with Gasteiger partial charge < -0.3 is 10.1 Å². The SMILES string of the molecule is O=C(CSc1ccc(Cl)cc1)Nc1ccccc1CN1CCOCC1. The first kappa shape index (κ1) is 18.3. The summed E-state index contributed by atoms with van der Waals surface area (Å²) in [4.78, 5) is 15.7. The summed E-state index contributed by atoms with van der Waals surface area (Å²) in [5.41, 5.74) is 2.02. The molecule has 3 rings (SSSR count). The van der Waals surface area contributed by atoms with Crippen LogP contribution in [0.3, 0.4) is 0 Å². The van der Waals surface area contributed by atoms with Gasteiger partial charge in [-0.05, 0) is 35.9 Å². The number of carbonyl (C=O) groups is 1. The van der Waals surface area contributed by atoms with Crippen LogP contribution in [0.1, 0.15) is 5.56 Å². The molecule has 1 aliphatic heterocycles. The van der Waals surface area contributed by atoms with Gasteiger partial charge in [-0.25, -0.2) is 0 Å². The monoisotopic (exact) mass is 376 g/mol. The molecule has 0 aromatic heterocycles. The summed E-state index contributed by atoms with van der Waals surface area (Å²) in [5.74, 6) is 0.363. The summed E-state index contributed by atoms with van der Waals surface area (Å²) in [6, 6.07) is 15.5. The van der Waals surface area contributed by atoms with Crippen LogP contribution in [0, 0.1) is 0 Å². The molecule has 1 fully saturated rings. The van der Waals surface area contributed by atoms with E-state index in [1.165, 1.54) is 11.8 Å². The summed E-state index contributed by atoms with van der Waals surface area (Å²) in [5, 5.41) is 3.74. The number of hydrogen-bond donors (Lipinski definition) is 1. The molecule has 0 atom stereocenters. The highest BCUT2D eigenvalue weighted by Gasteiger charge is 2.13. The van der Waals surface area contributed by atoms with Crippen molar-refractivity contribution in [1.29, 1.82) is 0 Å². The van der Waals surface area contributed by atoms with Gasteiger partial charge in [0.2, 0.25) is 5.91 Å². The number of anilines is 1. The van der Waals surface area contributed by atoms with Crippen molar-refractivity contribution < 1.29 is 9.53 Å². The lowest BCUT2D eigenvalue weighted by atomic mass is 10.1. The molecule has 1 aliphatic rings. The van der Waals surface area contributed by atoms with Crippen molar-refractivity contribution in [3.05, 3.63) is 59.1 Å². The second-order valence-corrected chi connectivity index (χ2v) is 7.32. The first-order chi connectivity index (χ1) is 12.2. The van der Waals surface area contributed by atoms with Crippen LogP contribution in [0.2, 0.25) is 5.02 Å².